The standard InChI is InChI=1S/C21H24BrN3O2S/c1-23-28(27)17-7-4-15(5-8-17)13-24-20(26)25-14-21(10-2-3-11-21)18-12-16(22)6-9-19(18)25/h4-9,12H,2-3,10-11,13-14H2,1H3,(H,23,27)(H,24,26)/p+1. The number of fused-ring (bicyclic) bond motifs is 2. The first-order chi connectivity index (χ1) is 13.5. The summed E-state index contributed by atoms with van der Waals surface area (Å²) in [5.74, 6) is 0. The molecular formula is C21H25BrN3O2S+. The average molecular weight is 463 g/mol. The molecule has 28 heavy (non-hydrogen) atoms. The minimum Gasteiger partial charge on any atom is -0.334 e. The monoisotopic (exact) mass is 462 g/mol. The molecule has 0 radical (unpaired) electrons. The van der Waals surface area contributed by atoms with E-state index in [1.807, 2.05) is 35.2 Å². The Morgan fingerprint density at radius 1 is 1.18 bits per heavy atom. The number of urea groups is 1. The van der Waals surface area contributed by atoms with E-state index in [1.165, 1.54) is 18.4 Å². The third-order valence-corrected chi connectivity index (χ3v) is 7.57. The Hall–Kier alpha value is -1.70. The Balaban J connectivity index is 1.48. The molecule has 1 fully saturated rings. The fourth-order valence-corrected chi connectivity index (χ4v) is 5.49. The molecule has 0 aromatic heterocycles. The molecule has 1 aliphatic carbocycles. The number of hydrogen-bond donors (Lipinski definition) is 2. The van der Waals surface area contributed by atoms with Crippen molar-refractivity contribution in [2.75, 3.05) is 18.5 Å². The summed E-state index contributed by atoms with van der Waals surface area (Å²) in [5, 5.41) is 3.05. The fourth-order valence-electron chi connectivity index (χ4n) is 4.45. The van der Waals surface area contributed by atoms with Crippen molar-refractivity contribution in [3.05, 3.63) is 58.1 Å². The Morgan fingerprint density at radius 3 is 2.57 bits per heavy atom. The van der Waals surface area contributed by atoms with E-state index in [2.05, 4.69) is 38.1 Å². The molecule has 4 rings (SSSR count). The van der Waals surface area contributed by atoms with Crippen LogP contribution in [0.5, 0.6) is 0 Å². The van der Waals surface area contributed by atoms with E-state index in [-0.39, 0.29) is 11.4 Å². The predicted octanol–water partition coefficient (Wildman–Crippen LogP) is 4.18. The van der Waals surface area contributed by atoms with Gasteiger partial charge >= 0.3 is 6.03 Å². The van der Waals surface area contributed by atoms with Crippen LogP contribution in [-0.4, -0.2) is 19.6 Å². The summed E-state index contributed by atoms with van der Waals surface area (Å²) in [6, 6.07) is 13.7. The molecule has 1 unspecified atom stereocenters. The van der Waals surface area contributed by atoms with Gasteiger partial charge in [-0.25, -0.2) is 4.79 Å². The van der Waals surface area contributed by atoms with Crippen molar-refractivity contribution in [2.24, 2.45) is 0 Å². The van der Waals surface area contributed by atoms with E-state index < -0.39 is 11.0 Å². The Bertz CT molecular complexity index is 910. The van der Waals surface area contributed by atoms with E-state index in [0.29, 0.717) is 6.54 Å². The number of thiol groups is 1. The normalized spacial score (nSPS) is 18.3. The molecule has 7 heteroatoms. The number of nitrogens with zero attached hydrogens (tertiary/aromatic N) is 1. The van der Waals surface area contributed by atoms with Gasteiger partial charge in [-0.15, -0.1) is 4.72 Å². The van der Waals surface area contributed by atoms with Gasteiger partial charge in [0.25, 0.3) is 0 Å². The molecule has 1 atom stereocenters. The highest BCUT2D eigenvalue weighted by atomic mass is 79.9. The second-order valence-electron chi connectivity index (χ2n) is 7.58. The average Bonchev–Trinajstić information content (AvgIpc) is 3.32. The van der Waals surface area contributed by atoms with Crippen molar-refractivity contribution < 1.29 is 9.00 Å². The van der Waals surface area contributed by atoms with Crippen LogP contribution in [0.2, 0.25) is 0 Å². The molecule has 2 aromatic rings. The third kappa shape index (κ3) is 3.63. The lowest BCUT2D eigenvalue weighted by atomic mass is 9.81. The van der Waals surface area contributed by atoms with Gasteiger partial charge in [0.1, 0.15) is 0 Å². The largest absolute Gasteiger partial charge is 0.334 e. The second kappa shape index (κ2) is 7.97. The molecule has 2 amide bonds. The first-order valence-corrected chi connectivity index (χ1v) is 11.7. The van der Waals surface area contributed by atoms with E-state index in [9.17, 15) is 9.00 Å². The molecule has 2 aromatic carbocycles. The van der Waals surface area contributed by atoms with Crippen LogP contribution in [0, 0.1) is 0 Å². The number of hydrogen-bond acceptors (Lipinski definition) is 2. The highest BCUT2D eigenvalue weighted by Gasteiger charge is 2.46. The van der Waals surface area contributed by atoms with Crippen LogP contribution in [0.1, 0.15) is 36.8 Å². The number of benzene rings is 2. The van der Waals surface area contributed by atoms with Gasteiger partial charge in [0.2, 0.25) is 0 Å². The number of carbonyl (C=O) groups excluding carboxylic acids is 1. The zero-order chi connectivity index (χ0) is 19.7. The summed E-state index contributed by atoms with van der Waals surface area (Å²) in [6.45, 7) is 1.21. The quantitative estimate of drug-likeness (QED) is 0.528. The Labute approximate surface area is 176 Å². The maximum atomic E-state index is 13.0. The summed E-state index contributed by atoms with van der Waals surface area (Å²) in [4.78, 5) is 15.6. The van der Waals surface area contributed by atoms with Crippen LogP contribution in [0.25, 0.3) is 0 Å². The molecular weight excluding hydrogens is 438 g/mol. The van der Waals surface area contributed by atoms with Crippen molar-refractivity contribution in [3.8, 4) is 0 Å². The van der Waals surface area contributed by atoms with E-state index >= 15 is 0 Å². The number of amides is 2. The maximum absolute atomic E-state index is 13.0. The molecule has 148 valence electrons. The highest BCUT2D eigenvalue weighted by molar-refractivity contribution is 9.10. The van der Waals surface area contributed by atoms with Gasteiger partial charge in [-0.3, -0.25) is 4.90 Å². The zero-order valence-corrected chi connectivity index (χ0v) is 18.4. The Kier molecular flexibility index (Phi) is 5.58. The fraction of sp³-hybridized carbons (Fsp3) is 0.381. The van der Waals surface area contributed by atoms with Crippen LogP contribution in [0.4, 0.5) is 10.5 Å². The lowest BCUT2D eigenvalue weighted by Gasteiger charge is -2.25. The first-order valence-electron chi connectivity index (χ1n) is 9.61. The lowest BCUT2D eigenvalue weighted by molar-refractivity contribution is 0.245. The summed E-state index contributed by atoms with van der Waals surface area (Å²) < 4.78 is 15.6. The maximum Gasteiger partial charge on any atom is 0.322 e. The van der Waals surface area contributed by atoms with Gasteiger partial charge in [-0.2, -0.15) is 0 Å². The first kappa shape index (κ1) is 19.6. The predicted molar refractivity (Wildman–Crippen MR) is 117 cm³/mol. The van der Waals surface area contributed by atoms with Crippen molar-refractivity contribution in [1.82, 2.24) is 10.0 Å². The van der Waals surface area contributed by atoms with Crippen LogP contribution in [0.3, 0.4) is 0 Å². The SMILES string of the molecule is CN[SH+](=O)c1ccc(CNC(=O)N2CC3(CCCC3)c3cc(Br)ccc32)cc1. The summed E-state index contributed by atoms with van der Waals surface area (Å²) in [5.41, 5.74) is 3.43. The topological polar surface area (TPSA) is 61.4 Å². The van der Waals surface area contributed by atoms with Crippen LogP contribution in [-0.2, 0) is 27.2 Å². The summed E-state index contributed by atoms with van der Waals surface area (Å²) in [7, 11) is 0.122. The van der Waals surface area contributed by atoms with Gasteiger partial charge in [0.05, 0.1) is 0 Å². The van der Waals surface area contributed by atoms with Crippen molar-refractivity contribution in [2.45, 2.75) is 42.5 Å². The minimum absolute atomic E-state index is 0.0577. The van der Waals surface area contributed by atoms with Crippen LogP contribution < -0.4 is 14.9 Å². The lowest BCUT2D eigenvalue weighted by Crippen LogP contribution is -2.41. The van der Waals surface area contributed by atoms with Crippen molar-refractivity contribution >= 4 is 38.6 Å². The molecule has 1 saturated carbocycles. The second-order valence-corrected chi connectivity index (χ2v) is 10.0. The van der Waals surface area contributed by atoms with Gasteiger partial charge in [-0.05, 0) is 54.3 Å². The Morgan fingerprint density at radius 2 is 1.89 bits per heavy atom. The van der Waals surface area contributed by atoms with E-state index in [4.69, 9.17) is 0 Å². The molecule has 1 heterocycles. The molecule has 2 N–H and O–H groups in total. The number of anilines is 1. The summed E-state index contributed by atoms with van der Waals surface area (Å²) in [6.07, 6.45) is 4.74. The van der Waals surface area contributed by atoms with E-state index in [1.54, 1.807) is 7.05 Å². The minimum atomic E-state index is -1.55. The van der Waals surface area contributed by atoms with Crippen molar-refractivity contribution in [1.29, 1.82) is 0 Å². The smallest absolute Gasteiger partial charge is 0.322 e. The van der Waals surface area contributed by atoms with E-state index in [0.717, 1.165) is 40.0 Å². The number of halogens is 1. The molecule has 1 spiro atoms. The molecule has 5 nitrogen and oxygen atoms in total. The van der Waals surface area contributed by atoms with Gasteiger partial charge in [0, 0.05) is 35.7 Å². The van der Waals surface area contributed by atoms with Crippen LogP contribution >= 0.6 is 15.9 Å². The molecule has 0 bridgehead atoms. The number of rotatable bonds is 4. The van der Waals surface area contributed by atoms with Crippen molar-refractivity contribution in [3.63, 3.8) is 0 Å². The van der Waals surface area contributed by atoms with Gasteiger partial charge in [-0.1, -0.05) is 45.1 Å². The van der Waals surface area contributed by atoms with Crippen LogP contribution in [0.15, 0.2) is 51.8 Å². The van der Waals surface area contributed by atoms with Gasteiger partial charge in [0.15, 0.2) is 15.9 Å². The third-order valence-electron chi connectivity index (χ3n) is 5.91. The number of carbonyl (C=O) groups is 1. The van der Waals surface area contributed by atoms with Gasteiger partial charge < -0.3 is 5.32 Å². The highest BCUT2D eigenvalue weighted by Crippen LogP contribution is 2.51. The number of nitrogens with one attached hydrogen (secondary N) is 2. The summed E-state index contributed by atoms with van der Waals surface area (Å²) >= 11 is 3.59. The molecule has 1 aliphatic heterocycles. The zero-order valence-electron chi connectivity index (χ0n) is 15.9. The molecule has 0 saturated heterocycles. The molecule has 2 aliphatic rings.